The van der Waals surface area contributed by atoms with Crippen LogP contribution in [0.25, 0.3) is 0 Å². The summed E-state index contributed by atoms with van der Waals surface area (Å²) in [6, 6.07) is 0. The van der Waals surface area contributed by atoms with E-state index in [1.165, 1.54) is 89.9 Å². The van der Waals surface area contributed by atoms with Crippen LogP contribution in [0.15, 0.2) is 11.7 Å². The molecule has 0 fully saturated rings. The molecule has 0 saturated carbocycles. The van der Waals surface area contributed by atoms with Crippen molar-refractivity contribution in [3.05, 3.63) is 11.7 Å². The van der Waals surface area contributed by atoms with Gasteiger partial charge in [-0.25, -0.2) is 0 Å². The SMILES string of the molecule is CCCCCCCCCCOC(CC)=C(OCCCCCCCCCC)OCOC. The fraction of sp³-hybridized carbons (Fsp3) is 0.923. The third-order valence-electron chi connectivity index (χ3n) is 5.36. The number of rotatable bonds is 24. The number of hydrogen-bond acceptors (Lipinski definition) is 4. The second-order valence-corrected chi connectivity index (χ2v) is 8.26. The summed E-state index contributed by atoms with van der Waals surface area (Å²) >= 11 is 0. The van der Waals surface area contributed by atoms with Crippen LogP contribution in [-0.2, 0) is 18.9 Å². The standard InChI is InChI=1S/C26H52O4/c1-5-8-10-12-14-16-18-20-22-28-25(7-3)26(30-24-27-4)29-23-21-19-17-15-13-11-9-6-2/h5-24H2,1-4H3. The maximum atomic E-state index is 6.00. The molecule has 4 nitrogen and oxygen atoms in total. The van der Waals surface area contributed by atoms with E-state index in [9.17, 15) is 0 Å². The highest BCUT2D eigenvalue weighted by molar-refractivity contribution is 4.94. The first-order valence-corrected chi connectivity index (χ1v) is 12.9. The van der Waals surface area contributed by atoms with E-state index in [2.05, 4.69) is 20.8 Å². The molecule has 0 aromatic rings. The summed E-state index contributed by atoms with van der Waals surface area (Å²) in [6.45, 7) is 8.21. The summed E-state index contributed by atoms with van der Waals surface area (Å²) in [7, 11) is 1.63. The average molecular weight is 429 g/mol. The molecule has 0 amide bonds. The van der Waals surface area contributed by atoms with Gasteiger partial charge in [0.2, 0.25) is 0 Å². The minimum Gasteiger partial charge on any atom is -0.491 e. The molecular formula is C26H52O4. The van der Waals surface area contributed by atoms with Gasteiger partial charge in [-0.2, -0.15) is 0 Å². The van der Waals surface area contributed by atoms with Gasteiger partial charge in [-0.3, -0.25) is 0 Å². The van der Waals surface area contributed by atoms with Gasteiger partial charge in [-0.15, -0.1) is 0 Å². The lowest BCUT2D eigenvalue weighted by Gasteiger charge is -2.16. The monoisotopic (exact) mass is 428 g/mol. The topological polar surface area (TPSA) is 36.9 Å². The van der Waals surface area contributed by atoms with Crippen LogP contribution >= 0.6 is 0 Å². The van der Waals surface area contributed by atoms with Gasteiger partial charge in [-0.05, 0) is 12.8 Å². The lowest BCUT2D eigenvalue weighted by Crippen LogP contribution is -2.08. The Kier molecular flexibility index (Phi) is 23.6. The molecule has 0 atom stereocenters. The van der Waals surface area contributed by atoms with Crippen molar-refractivity contribution >= 4 is 0 Å². The maximum Gasteiger partial charge on any atom is 0.321 e. The normalized spacial score (nSPS) is 12.0. The molecule has 0 aliphatic carbocycles. The first-order chi connectivity index (χ1) is 14.8. The molecule has 180 valence electrons. The van der Waals surface area contributed by atoms with E-state index in [1.54, 1.807) is 7.11 Å². The van der Waals surface area contributed by atoms with Crippen LogP contribution in [0.5, 0.6) is 0 Å². The first kappa shape index (κ1) is 29.1. The minimum atomic E-state index is 0.192. The summed E-state index contributed by atoms with van der Waals surface area (Å²) in [5.74, 6) is 1.33. The van der Waals surface area contributed by atoms with Crippen molar-refractivity contribution in [1.82, 2.24) is 0 Å². The Labute approximate surface area is 188 Å². The second-order valence-electron chi connectivity index (χ2n) is 8.26. The van der Waals surface area contributed by atoms with Gasteiger partial charge in [0.1, 0.15) is 0 Å². The third-order valence-corrected chi connectivity index (χ3v) is 5.36. The van der Waals surface area contributed by atoms with E-state index < -0.39 is 0 Å². The summed E-state index contributed by atoms with van der Waals surface area (Å²) in [5, 5.41) is 0. The molecule has 0 heterocycles. The molecule has 0 saturated heterocycles. The Bertz CT molecular complexity index is 368. The van der Waals surface area contributed by atoms with E-state index in [0.717, 1.165) is 31.6 Å². The second kappa shape index (κ2) is 24.4. The molecule has 0 rings (SSSR count). The Morgan fingerprint density at radius 2 is 0.933 bits per heavy atom. The van der Waals surface area contributed by atoms with E-state index >= 15 is 0 Å². The van der Waals surface area contributed by atoms with Gasteiger partial charge < -0.3 is 18.9 Å². The van der Waals surface area contributed by atoms with Crippen LogP contribution in [0.4, 0.5) is 0 Å². The van der Waals surface area contributed by atoms with Crippen LogP contribution < -0.4 is 0 Å². The predicted molar refractivity (Wildman–Crippen MR) is 127 cm³/mol. The molecule has 0 aromatic carbocycles. The third kappa shape index (κ3) is 19.1. The maximum absolute atomic E-state index is 6.00. The van der Waals surface area contributed by atoms with Gasteiger partial charge in [0, 0.05) is 13.5 Å². The van der Waals surface area contributed by atoms with Crippen LogP contribution in [0, 0.1) is 0 Å². The van der Waals surface area contributed by atoms with Crippen LogP contribution in [0.1, 0.15) is 130 Å². The molecule has 0 aliphatic rings. The number of hydrogen-bond donors (Lipinski definition) is 0. The van der Waals surface area contributed by atoms with E-state index in [0.29, 0.717) is 12.6 Å². The molecule has 0 spiro atoms. The molecule has 4 heteroatoms. The summed E-state index contributed by atoms with van der Waals surface area (Å²) in [4.78, 5) is 0. The Morgan fingerprint density at radius 1 is 0.500 bits per heavy atom. The summed E-state index contributed by atoms with van der Waals surface area (Å²) in [5.41, 5.74) is 0. The summed E-state index contributed by atoms with van der Waals surface area (Å²) in [6.07, 6.45) is 21.5. The number of methoxy groups -OCH3 is 1. The molecule has 0 aliphatic heterocycles. The molecule has 0 N–H and O–H groups in total. The molecule has 0 aromatic heterocycles. The van der Waals surface area contributed by atoms with Crippen LogP contribution in [-0.4, -0.2) is 27.1 Å². The number of ether oxygens (including phenoxy) is 4. The lowest BCUT2D eigenvalue weighted by atomic mass is 10.1. The Hall–Kier alpha value is -0.900. The largest absolute Gasteiger partial charge is 0.491 e. The Balaban J connectivity index is 4.04. The van der Waals surface area contributed by atoms with Gasteiger partial charge in [0.25, 0.3) is 0 Å². The van der Waals surface area contributed by atoms with Gasteiger partial charge in [0.15, 0.2) is 12.6 Å². The van der Waals surface area contributed by atoms with Crippen molar-refractivity contribution in [1.29, 1.82) is 0 Å². The number of unbranched alkanes of at least 4 members (excludes halogenated alkanes) is 14. The highest BCUT2D eigenvalue weighted by Gasteiger charge is 2.11. The van der Waals surface area contributed by atoms with E-state index in [-0.39, 0.29) is 6.79 Å². The average Bonchev–Trinajstić information content (AvgIpc) is 2.76. The van der Waals surface area contributed by atoms with Crippen LogP contribution in [0.2, 0.25) is 0 Å². The van der Waals surface area contributed by atoms with Gasteiger partial charge in [0.05, 0.1) is 13.2 Å². The molecule has 0 radical (unpaired) electrons. The highest BCUT2D eigenvalue weighted by Crippen LogP contribution is 2.17. The highest BCUT2D eigenvalue weighted by atomic mass is 16.7. The van der Waals surface area contributed by atoms with Crippen molar-refractivity contribution in [3.63, 3.8) is 0 Å². The first-order valence-electron chi connectivity index (χ1n) is 12.9. The minimum absolute atomic E-state index is 0.192. The Morgan fingerprint density at radius 3 is 1.37 bits per heavy atom. The zero-order valence-electron chi connectivity index (χ0n) is 20.8. The molecule has 30 heavy (non-hydrogen) atoms. The van der Waals surface area contributed by atoms with Gasteiger partial charge in [-0.1, -0.05) is 111 Å². The lowest BCUT2D eigenvalue weighted by molar-refractivity contribution is -0.0689. The summed E-state index contributed by atoms with van der Waals surface area (Å²) < 4.78 is 22.7. The smallest absolute Gasteiger partial charge is 0.321 e. The zero-order chi connectivity index (χ0) is 22.1. The van der Waals surface area contributed by atoms with Crippen LogP contribution in [0.3, 0.4) is 0 Å². The predicted octanol–water partition coefficient (Wildman–Crippen LogP) is 8.50. The fourth-order valence-corrected chi connectivity index (χ4v) is 3.45. The number of allylic oxidation sites excluding steroid dienone is 1. The van der Waals surface area contributed by atoms with Crippen molar-refractivity contribution in [3.8, 4) is 0 Å². The van der Waals surface area contributed by atoms with E-state index in [1.807, 2.05) is 0 Å². The molecule has 0 unspecified atom stereocenters. The van der Waals surface area contributed by atoms with Crippen molar-refractivity contribution in [2.75, 3.05) is 27.1 Å². The van der Waals surface area contributed by atoms with Crippen molar-refractivity contribution in [2.24, 2.45) is 0 Å². The fourth-order valence-electron chi connectivity index (χ4n) is 3.45. The molecule has 0 bridgehead atoms. The van der Waals surface area contributed by atoms with Gasteiger partial charge >= 0.3 is 5.95 Å². The van der Waals surface area contributed by atoms with Crippen molar-refractivity contribution < 1.29 is 18.9 Å². The molecular weight excluding hydrogens is 376 g/mol. The quantitative estimate of drug-likeness (QED) is 0.0877. The van der Waals surface area contributed by atoms with Crippen molar-refractivity contribution in [2.45, 2.75) is 130 Å². The zero-order valence-corrected chi connectivity index (χ0v) is 20.8. The van der Waals surface area contributed by atoms with E-state index in [4.69, 9.17) is 18.9 Å².